The fourth-order valence-electron chi connectivity index (χ4n) is 1.36. The second-order valence-electron chi connectivity index (χ2n) is 6.25. The lowest BCUT2D eigenvalue weighted by molar-refractivity contribution is -0.515. The molecule has 0 rings (SSSR count). The summed E-state index contributed by atoms with van der Waals surface area (Å²) in [5.41, 5.74) is -0.485. The van der Waals surface area contributed by atoms with Gasteiger partial charge in [-0.25, -0.2) is 4.79 Å². The van der Waals surface area contributed by atoms with Gasteiger partial charge in [0.15, 0.2) is 0 Å². The van der Waals surface area contributed by atoms with Gasteiger partial charge in [0, 0.05) is 0 Å². The molecule has 0 aliphatic heterocycles. The van der Waals surface area contributed by atoms with Gasteiger partial charge in [0.05, 0.1) is 11.5 Å². The lowest BCUT2D eigenvalue weighted by atomic mass is 10.0. The monoisotopic (exact) mass is 260 g/mol. The number of hydrogen-bond donors (Lipinski definition) is 0. The number of rotatable bonds is 8. The van der Waals surface area contributed by atoms with Crippen LogP contribution in [-0.2, 0) is 19.6 Å². The maximum Gasteiger partial charge on any atom is 0.348 e. The summed E-state index contributed by atoms with van der Waals surface area (Å²) in [6.07, 6.45) is 4.21. The lowest BCUT2D eigenvalue weighted by Crippen LogP contribution is -2.22. The molecule has 0 aromatic rings. The van der Waals surface area contributed by atoms with Crippen LogP contribution in [0.1, 0.15) is 67.2 Å². The molecule has 1 atom stereocenters. The molecule has 0 aromatic carbocycles. The van der Waals surface area contributed by atoms with Crippen LogP contribution in [0.5, 0.6) is 0 Å². The summed E-state index contributed by atoms with van der Waals surface area (Å²) < 4.78 is 0. The Morgan fingerprint density at radius 1 is 1.06 bits per heavy atom. The zero-order valence-electron chi connectivity index (χ0n) is 12.6. The first-order valence-electron chi connectivity index (χ1n) is 6.78. The largest absolute Gasteiger partial charge is 0.348 e. The molecule has 0 amide bonds. The highest BCUT2D eigenvalue weighted by Crippen LogP contribution is 2.15. The fraction of sp³-hybridized carbons (Fsp3) is 0.929. The minimum absolute atomic E-state index is 0.152. The van der Waals surface area contributed by atoms with E-state index in [1.54, 1.807) is 0 Å². The third-order valence-corrected chi connectivity index (χ3v) is 2.47. The molecule has 0 aliphatic carbocycles. The SMILES string of the molecule is CC(C)CCCCC(C)C(=O)OOOC(C)(C)C. The molecule has 4 nitrogen and oxygen atoms in total. The molecule has 1 unspecified atom stereocenters. The van der Waals surface area contributed by atoms with Crippen LogP contribution in [0.2, 0.25) is 0 Å². The molecule has 0 bridgehead atoms. The zero-order valence-corrected chi connectivity index (χ0v) is 12.6. The summed E-state index contributed by atoms with van der Waals surface area (Å²) in [5.74, 6) is 0.195. The number of hydrogen-bond acceptors (Lipinski definition) is 4. The van der Waals surface area contributed by atoms with Gasteiger partial charge in [-0.15, -0.1) is 0 Å². The van der Waals surface area contributed by atoms with E-state index in [-0.39, 0.29) is 11.9 Å². The van der Waals surface area contributed by atoms with E-state index in [2.05, 4.69) is 23.8 Å². The maximum absolute atomic E-state index is 11.5. The van der Waals surface area contributed by atoms with E-state index in [1.807, 2.05) is 27.7 Å². The van der Waals surface area contributed by atoms with Crippen LogP contribution in [-0.4, -0.2) is 11.6 Å². The van der Waals surface area contributed by atoms with E-state index in [0.29, 0.717) is 0 Å². The smallest absolute Gasteiger partial charge is 0.269 e. The van der Waals surface area contributed by atoms with Crippen molar-refractivity contribution in [2.75, 3.05) is 0 Å². The van der Waals surface area contributed by atoms with Crippen LogP contribution >= 0.6 is 0 Å². The maximum atomic E-state index is 11.5. The Balaban J connectivity index is 3.64. The third kappa shape index (κ3) is 10.5. The van der Waals surface area contributed by atoms with Gasteiger partial charge >= 0.3 is 5.97 Å². The van der Waals surface area contributed by atoms with Crippen molar-refractivity contribution in [2.45, 2.75) is 72.8 Å². The van der Waals surface area contributed by atoms with Gasteiger partial charge in [0.1, 0.15) is 0 Å². The van der Waals surface area contributed by atoms with Crippen LogP contribution in [0.3, 0.4) is 0 Å². The van der Waals surface area contributed by atoms with Crippen LogP contribution in [0, 0.1) is 11.8 Å². The van der Waals surface area contributed by atoms with Gasteiger partial charge in [-0.05, 0) is 38.1 Å². The normalized spacial score (nSPS) is 13.7. The van der Waals surface area contributed by atoms with E-state index in [4.69, 9.17) is 4.89 Å². The third-order valence-electron chi connectivity index (χ3n) is 2.47. The van der Waals surface area contributed by atoms with Crippen LogP contribution in [0.4, 0.5) is 0 Å². The average Bonchev–Trinajstić information content (AvgIpc) is 2.21. The molecule has 0 saturated heterocycles. The van der Waals surface area contributed by atoms with Crippen molar-refractivity contribution in [1.29, 1.82) is 0 Å². The van der Waals surface area contributed by atoms with Crippen LogP contribution in [0.15, 0.2) is 0 Å². The first kappa shape index (κ1) is 17.4. The van der Waals surface area contributed by atoms with E-state index in [9.17, 15) is 4.79 Å². The van der Waals surface area contributed by atoms with Gasteiger partial charge in [-0.2, -0.15) is 4.89 Å². The van der Waals surface area contributed by atoms with E-state index in [0.717, 1.165) is 25.2 Å². The molecule has 0 saturated carbocycles. The molecule has 0 aromatic heterocycles. The van der Waals surface area contributed by atoms with Crippen molar-refractivity contribution >= 4 is 5.97 Å². The number of carbonyl (C=O) groups excluding carboxylic acids is 1. The Bertz CT molecular complexity index is 230. The molecule has 0 spiro atoms. The number of unbranched alkanes of at least 4 members (excludes halogenated alkanes) is 1. The Hall–Kier alpha value is -0.610. The summed E-state index contributed by atoms with van der Waals surface area (Å²) in [7, 11) is 0. The van der Waals surface area contributed by atoms with Gasteiger partial charge < -0.3 is 0 Å². The van der Waals surface area contributed by atoms with Crippen LogP contribution < -0.4 is 0 Å². The van der Waals surface area contributed by atoms with Crippen LogP contribution in [0.25, 0.3) is 0 Å². The Labute approximate surface area is 111 Å². The molecular formula is C14H28O4. The summed E-state index contributed by atoms with van der Waals surface area (Å²) in [4.78, 5) is 21.0. The fourth-order valence-corrected chi connectivity index (χ4v) is 1.36. The van der Waals surface area contributed by atoms with Gasteiger partial charge in [-0.1, -0.05) is 40.0 Å². The molecular weight excluding hydrogens is 232 g/mol. The number of carbonyl (C=O) groups is 1. The molecule has 0 fully saturated rings. The molecule has 4 heteroatoms. The van der Waals surface area contributed by atoms with Crippen molar-refractivity contribution in [3.63, 3.8) is 0 Å². The van der Waals surface area contributed by atoms with Gasteiger partial charge in [0.25, 0.3) is 0 Å². The Morgan fingerprint density at radius 2 is 1.61 bits per heavy atom. The molecule has 0 N–H and O–H groups in total. The van der Waals surface area contributed by atoms with Crippen molar-refractivity contribution in [2.24, 2.45) is 11.8 Å². The minimum atomic E-state index is -0.485. The Kier molecular flexibility index (Phi) is 8.20. The topological polar surface area (TPSA) is 44.8 Å². The summed E-state index contributed by atoms with van der Waals surface area (Å²) >= 11 is 0. The highest BCUT2D eigenvalue weighted by molar-refractivity contribution is 5.71. The van der Waals surface area contributed by atoms with Crippen molar-refractivity contribution in [1.82, 2.24) is 0 Å². The zero-order chi connectivity index (χ0) is 14.2. The van der Waals surface area contributed by atoms with Crippen molar-refractivity contribution < 1.29 is 19.6 Å². The Morgan fingerprint density at radius 3 is 2.11 bits per heavy atom. The summed E-state index contributed by atoms with van der Waals surface area (Å²) in [6, 6.07) is 0. The van der Waals surface area contributed by atoms with E-state index < -0.39 is 5.60 Å². The molecule has 108 valence electrons. The molecule has 0 heterocycles. The van der Waals surface area contributed by atoms with E-state index in [1.165, 1.54) is 6.42 Å². The molecule has 0 aliphatic rings. The average molecular weight is 260 g/mol. The summed E-state index contributed by atoms with van der Waals surface area (Å²) in [6.45, 7) is 11.7. The summed E-state index contributed by atoms with van der Waals surface area (Å²) in [5, 5.41) is 4.48. The predicted octanol–water partition coefficient (Wildman–Crippen LogP) is 4.04. The highest BCUT2D eigenvalue weighted by atomic mass is 17.5. The van der Waals surface area contributed by atoms with Gasteiger partial charge in [-0.3, -0.25) is 4.89 Å². The first-order valence-corrected chi connectivity index (χ1v) is 6.78. The van der Waals surface area contributed by atoms with Gasteiger partial charge in [0.2, 0.25) is 0 Å². The molecule has 0 radical (unpaired) electrons. The second kappa shape index (κ2) is 8.48. The predicted molar refractivity (Wildman–Crippen MR) is 70.5 cm³/mol. The second-order valence-corrected chi connectivity index (χ2v) is 6.25. The molecule has 18 heavy (non-hydrogen) atoms. The van der Waals surface area contributed by atoms with Crippen molar-refractivity contribution in [3.8, 4) is 0 Å². The highest BCUT2D eigenvalue weighted by Gasteiger charge is 2.18. The van der Waals surface area contributed by atoms with E-state index >= 15 is 0 Å². The lowest BCUT2D eigenvalue weighted by Gasteiger charge is -2.16. The first-order chi connectivity index (χ1) is 8.22. The minimum Gasteiger partial charge on any atom is -0.269 e. The standard InChI is InChI=1S/C14H28O4/c1-11(2)9-7-8-10-12(3)13(15)16-18-17-14(4,5)6/h11-12H,7-10H2,1-6H3. The van der Waals surface area contributed by atoms with Crippen molar-refractivity contribution in [3.05, 3.63) is 0 Å². The quantitative estimate of drug-likeness (QED) is 0.375.